The van der Waals surface area contributed by atoms with Gasteiger partial charge in [0.25, 0.3) is 0 Å². The number of benzene rings is 2. The number of carbonyl (C=O) groups excluding carboxylic acids is 1. The van der Waals surface area contributed by atoms with Crippen LogP contribution >= 0.6 is 0 Å². The van der Waals surface area contributed by atoms with Crippen LogP contribution in [0.1, 0.15) is 24.1 Å². The van der Waals surface area contributed by atoms with Crippen molar-refractivity contribution >= 4 is 11.9 Å². The molecule has 136 valence electrons. The Labute approximate surface area is 152 Å². The van der Waals surface area contributed by atoms with E-state index in [-0.39, 0.29) is 12.5 Å². The number of rotatable bonds is 6. The molecule has 1 amide bonds. The summed E-state index contributed by atoms with van der Waals surface area (Å²) in [5.74, 6) is -0.611. The van der Waals surface area contributed by atoms with Crippen molar-refractivity contribution in [2.45, 2.75) is 25.7 Å². The van der Waals surface area contributed by atoms with Crippen LogP contribution in [0.15, 0.2) is 54.6 Å². The van der Waals surface area contributed by atoms with Gasteiger partial charge in [0.2, 0.25) is 5.91 Å². The fourth-order valence-electron chi connectivity index (χ4n) is 3.09. The molecule has 0 aromatic heterocycles. The Morgan fingerprint density at radius 3 is 2.50 bits per heavy atom. The molecule has 1 aliphatic heterocycles. The third kappa shape index (κ3) is 3.86. The van der Waals surface area contributed by atoms with Crippen molar-refractivity contribution in [2.75, 3.05) is 13.2 Å². The molecule has 1 heterocycles. The van der Waals surface area contributed by atoms with Gasteiger partial charge in [-0.1, -0.05) is 42.5 Å². The maximum atomic E-state index is 12.1. The van der Waals surface area contributed by atoms with Gasteiger partial charge in [-0.25, -0.2) is 4.79 Å². The zero-order chi connectivity index (χ0) is 18.5. The maximum absolute atomic E-state index is 12.1. The number of likely N-dealkylation sites (N-methyl/N-ethyl adjacent to an activating group) is 1. The van der Waals surface area contributed by atoms with Gasteiger partial charge in [0, 0.05) is 6.54 Å². The van der Waals surface area contributed by atoms with Crippen LogP contribution in [0.25, 0.3) is 0 Å². The van der Waals surface area contributed by atoms with Gasteiger partial charge in [-0.3, -0.25) is 4.79 Å². The molecule has 1 N–H and O–H groups in total. The minimum absolute atomic E-state index is 0.209. The third-order valence-corrected chi connectivity index (χ3v) is 4.38. The van der Waals surface area contributed by atoms with Gasteiger partial charge in [-0.15, -0.1) is 0 Å². The Morgan fingerprint density at radius 2 is 1.88 bits per heavy atom. The molecule has 6 nitrogen and oxygen atoms in total. The molecule has 3 rings (SSSR count). The quantitative estimate of drug-likeness (QED) is 0.862. The Kier molecular flexibility index (Phi) is 5.53. The SMILES string of the molecule is CCN1C(=O)COC(C(=O)O)C1c1ccc(OCc2ccccc2)cc1. The van der Waals surface area contributed by atoms with Gasteiger partial charge < -0.3 is 19.5 Å². The van der Waals surface area contributed by atoms with E-state index in [0.717, 1.165) is 5.56 Å². The van der Waals surface area contributed by atoms with Gasteiger partial charge in [-0.2, -0.15) is 0 Å². The monoisotopic (exact) mass is 355 g/mol. The summed E-state index contributed by atoms with van der Waals surface area (Å²) in [6.45, 7) is 2.49. The molecule has 1 saturated heterocycles. The van der Waals surface area contributed by atoms with Crippen molar-refractivity contribution in [3.8, 4) is 5.75 Å². The predicted molar refractivity (Wildman–Crippen MR) is 94.7 cm³/mol. The van der Waals surface area contributed by atoms with Crippen molar-refractivity contribution in [3.63, 3.8) is 0 Å². The average molecular weight is 355 g/mol. The summed E-state index contributed by atoms with van der Waals surface area (Å²) >= 11 is 0. The smallest absolute Gasteiger partial charge is 0.335 e. The highest BCUT2D eigenvalue weighted by molar-refractivity contribution is 5.83. The zero-order valence-corrected chi connectivity index (χ0v) is 14.5. The van der Waals surface area contributed by atoms with E-state index in [2.05, 4.69) is 0 Å². The van der Waals surface area contributed by atoms with Crippen LogP contribution in [-0.2, 0) is 20.9 Å². The van der Waals surface area contributed by atoms with Crippen molar-refractivity contribution in [1.29, 1.82) is 0 Å². The van der Waals surface area contributed by atoms with Gasteiger partial charge in [-0.05, 0) is 30.2 Å². The van der Waals surface area contributed by atoms with Gasteiger partial charge in [0.05, 0.1) is 6.04 Å². The topological polar surface area (TPSA) is 76.1 Å². The van der Waals surface area contributed by atoms with Crippen LogP contribution < -0.4 is 4.74 Å². The van der Waals surface area contributed by atoms with Crippen molar-refractivity contribution in [1.82, 2.24) is 4.90 Å². The third-order valence-electron chi connectivity index (χ3n) is 4.38. The number of carboxylic acids is 1. The summed E-state index contributed by atoms with van der Waals surface area (Å²) in [4.78, 5) is 25.2. The fourth-order valence-corrected chi connectivity index (χ4v) is 3.09. The number of aliphatic carboxylic acids is 1. The van der Waals surface area contributed by atoms with Gasteiger partial charge in [0.15, 0.2) is 6.10 Å². The van der Waals surface area contributed by atoms with E-state index in [4.69, 9.17) is 9.47 Å². The van der Waals surface area contributed by atoms with E-state index >= 15 is 0 Å². The second-order valence-corrected chi connectivity index (χ2v) is 6.04. The largest absolute Gasteiger partial charge is 0.489 e. The highest BCUT2D eigenvalue weighted by Gasteiger charge is 2.41. The number of ether oxygens (including phenoxy) is 2. The number of amides is 1. The van der Waals surface area contributed by atoms with E-state index < -0.39 is 18.1 Å². The molecule has 0 bridgehead atoms. The summed E-state index contributed by atoms with van der Waals surface area (Å²) in [6, 6.07) is 16.3. The van der Waals surface area contributed by atoms with E-state index in [0.29, 0.717) is 24.5 Å². The lowest BCUT2D eigenvalue weighted by Crippen LogP contribution is -2.51. The summed E-state index contributed by atoms with van der Waals surface area (Å²) in [5, 5.41) is 9.45. The number of hydrogen-bond donors (Lipinski definition) is 1. The minimum Gasteiger partial charge on any atom is -0.489 e. The second-order valence-electron chi connectivity index (χ2n) is 6.04. The lowest BCUT2D eigenvalue weighted by atomic mass is 9.97. The minimum atomic E-state index is -1.08. The van der Waals surface area contributed by atoms with Gasteiger partial charge in [0.1, 0.15) is 19.0 Å². The standard InChI is InChI=1S/C20H21NO5/c1-2-21-17(22)13-26-19(20(23)24)18(21)15-8-10-16(11-9-15)25-12-14-6-4-3-5-7-14/h3-11,18-19H,2,12-13H2,1H3,(H,23,24). The highest BCUT2D eigenvalue weighted by Crippen LogP contribution is 2.31. The molecule has 2 unspecified atom stereocenters. The van der Waals surface area contributed by atoms with Crippen molar-refractivity contribution in [3.05, 3.63) is 65.7 Å². The fraction of sp³-hybridized carbons (Fsp3) is 0.300. The molecule has 2 atom stereocenters. The lowest BCUT2D eigenvalue weighted by molar-refractivity contribution is -0.172. The van der Waals surface area contributed by atoms with Crippen molar-refractivity contribution in [2.24, 2.45) is 0 Å². The molecule has 0 saturated carbocycles. The normalized spacial score (nSPS) is 20.0. The van der Waals surface area contributed by atoms with Crippen LogP contribution in [0.5, 0.6) is 5.75 Å². The number of morpholine rings is 1. The summed E-state index contributed by atoms with van der Waals surface area (Å²) in [6.07, 6.45) is -1.08. The maximum Gasteiger partial charge on any atom is 0.335 e. The molecule has 6 heteroatoms. The molecule has 1 fully saturated rings. The predicted octanol–water partition coefficient (Wildman–Crippen LogP) is 2.64. The second kappa shape index (κ2) is 8.01. The van der Waals surface area contributed by atoms with Crippen LogP contribution in [0, 0.1) is 0 Å². The Bertz CT molecular complexity index is 758. The molecule has 26 heavy (non-hydrogen) atoms. The first kappa shape index (κ1) is 17.9. The van der Waals surface area contributed by atoms with E-state index in [1.165, 1.54) is 0 Å². The highest BCUT2D eigenvalue weighted by atomic mass is 16.5. The zero-order valence-electron chi connectivity index (χ0n) is 14.5. The molecule has 0 aliphatic carbocycles. The average Bonchev–Trinajstić information content (AvgIpc) is 2.67. The van der Waals surface area contributed by atoms with E-state index in [1.54, 1.807) is 29.2 Å². The molecule has 2 aromatic rings. The number of nitrogens with zero attached hydrogens (tertiary/aromatic N) is 1. The molecular formula is C20H21NO5. The molecule has 0 radical (unpaired) electrons. The first-order valence-corrected chi connectivity index (χ1v) is 8.50. The van der Waals surface area contributed by atoms with Gasteiger partial charge >= 0.3 is 5.97 Å². The van der Waals surface area contributed by atoms with Crippen LogP contribution in [0.3, 0.4) is 0 Å². The van der Waals surface area contributed by atoms with Crippen LogP contribution in [-0.4, -0.2) is 41.1 Å². The molecule has 0 spiro atoms. The van der Waals surface area contributed by atoms with Crippen molar-refractivity contribution < 1.29 is 24.2 Å². The Morgan fingerprint density at radius 1 is 1.19 bits per heavy atom. The summed E-state index contributed by atoms with van der Waals surface area (Å²) < 4.78 is 11.0. The van der Waals surface area contributed by atoms with Crippen LogP contribution in [0.2, 0.25) is 0 Å². The Balaban J connectivity index is 1.76. The first-order chi connectivity index (χ1) is 12.6. The molecule has 2 aromatic carbocycles. The molecular weight excluding hydrogens is 334 g/mol. The van der Waals surface area contributed by atoms with E-state index in [1.807, 2.05) is 37.3 Å². The molecule has 1 aliphatic rings. The summed E-state index contributed by atoms with van der Waals surface area (Å²) in [5.41, 5.74) is 1.77. The summed E-state index contributed by atoms with van der Waals surface area (Å²) in [7, 11) is 0. The van der Waals surface area contributed by atoms with Crippen LogP contribution in [0.4, 0.5) is 0 Å². The first-order valence-electron chi connectivity index (χ1n) is 8.50. The number of carbonyl (C=O) groups is 2. The van der Waals surface area contributed by atoms with E-state index in [9.17, 15) is 14.7 Å². The Hall–Kier alpha value is -2.86. The number of hydrogen-bond acceptors (Lipinski definition) is 4. The lowest BCUT2D eigenvalue weighted by Gasteiger charge is -2.38. The number of carboxylic acid groups (broad SMARTS) is 1.